The number of carbonyl (C=O) groups excluding carboxylic acids is 2. The van der Waals surface area contributed by atoms with Gasteiger partial charge in [0.2, 0.25) is 0 Å². The van der Waals surface area contributed by atoms with Gasteiger partial charge in [0.15, 0.2) is 0 Å². The molecule has 2 unspecified atom stereocenters. The first-order valence-electron chi connectivity index (χ1n) is 10.8. The molecule has 32 heavy (non-hydrogen) atoms. The number of imide groups is 1. The standard InChI is InChI=1S/C25H27ClN2O4/c1-15(2)31-19-11-9-18(10-12-19)22-23(27-13-16(3)32-17(4)14-27)25(30)28(24(22)29)21-8-6-5-7-20(21)26/h5-12,15-17H,13-14H2,1-4H3. The van der Waals surface area contributed by atoms with Crippen LogP contribution in [0.3, 0.4) is 0 Å². The fourth-order valence-corrected chi connectivity index (χ4v) is 4.48. The van der Waals surface area contributed by atoms with Gasteiger partial charge in [-0.15, -0.1) is 0 Å². The highest BCUT2D eigenvalue weighted by Gasteiger charge is 2.44. The Bertz CT molecular complexity index is 1050. The number of amides is 2. The van der Waals surface area contributed by atoms with Crippen molar-refractivity contribution in [3.8, 4) is 5.75 Å². The summed E-state index contributed by atoms with van der Waals surface area (Å²) in [5, 5.41) is 0.346. The molecule has 2 atom stereocenters. The number of ether oxygens (including phenoxy) is 2. The summed E-state index contributed by atoms with van der Waals surface area (Å²) in [6, 6.07) is 14.2. The largest absolute Gasteiger partial charge is 0.491 e. The molecular formula is C25H27ClN2O4. The number of carbonyl (C=O) groups is 2. The van der Waals surface area contributed by atoms with Gasteiger partial charge in [-0.2, -0.15) is 0 Å². The van der Waals surface area contributed by atoms with Gasteiger partial charge < -0.3 is 14.4 Å². The summed E-state index contributed by atoms with van der Waals surface area (Å²) >= 11 is 6.36. The highest BCUT2D eigenvalue weighted by Crippen LogP contribution is 2.38. The van der Waals surface area contributed by atoms with Crippen molar-refractivity contribution in [2.45, 2.75) is 46.0 Å². The molecule has 2 aromatic carbocycles. The number of morpholine rings is 1. The van der Waals surface area contributed by atoms with Crippen LogP contribution in [0.15, 0.2) is 54.2 Å². The Morgan fingerprint density at radius 3 is 2.19 bits per heavy atom. The highest BCUT2D eigenvalue weighted by atomic mass is 35.5. The van der Waals surface area contributed by atoms with Crippen LogP contribution in [0.25, 0.3) is 5.57 Å². The minimum absolute atomic E-state index is 0.0392. The third-order valence-corrected chi connectivity index (χ3v) is 5.72. The summed E-state index contributed by atoms with van der Waals surface area (Å²) in [5.41, 5.74) is 1.79. The van der Waals surface area contributed by atoms with Gasteiger partial charge in [0.1, 0.15) is 11.4 Å². The van der Waals surface area contributed by atoms with Crippen LogP contribution in [-0.4, -0.2) is 48.1 Å². The molecule has 2 aromatic rings. The van der Waals surface area contributed by atoms with E-state index in [4.69, 9.17) is 21.1 Å². The molecule has 0 aromatic heterocycles. The number of para-hydroxylation sites is 1. The van der Waals surface area contributed by atoms with Crippen molar-refractivity contribution in [1.82, 2.24) is 4.90 Å². The molecule has 1 fully saturated rings. The molecule has 0 N–H and O–H groups in total. The van der Waals surface area contributed by atoms with Crippen LogP contribution in [0.5, 0.6) is 5.75 Å². The Labute approximate surface area is 193 Å². The quantitative estimate of drug-likeness (QED) is 0.621. The normalized spacial score (nSPS) is 21.7. The van der Waals surface area contributed by atoms with Gasteiger partial charge in [-0.1, -0.05) is 35.9 Å². The molecule has 0 spiro atoms. The molecule has 0 bridgehead atoms. The third kappa shape index (κ3) is 4.25. The van der Waals surface area contributed by atoms with E-state index in [1.54, 1.807) is 24.3 Å². The number of halogens is 1. The number of rotatable bonds is 5. The maximum absolute atomic E-state index is 13.7. The number of hydrogen-bond donors (Lipinski definition) is 0. The van der Waals surface area contributed by atoms with Crippen LogP contribution in [0.1, 0.15) is 33.3 Å². The zero-order valence-corrected chi connectivity index (χ0v) is 19.4. The molecule has 0 saturated carbocycles. The van der Waals surface area contributed by atoms with Crippen LogP contribution in [0, 0.1) is 0 Å². The van der Waals surface area contributed by atoms with Crippen molar-refractivity contribution in [1.29, 1.82) is 0 Å². The summed E-state index contributed by atoms with van der Waals surface area (Å²) in [6.45, 7) is 8.88. The molecule has 2 aliphatic heterocycles. The van der Waals surface area contributed by atoms with Crippen molar-refractivity contribution < 1.29 is 19.1 Å². The molecule has 2 amide bonds. The molecule has 168 valence electrons. The predicted molar refractivity (Wildman–Crippen MR) is 125 cm³/mol. The Morgan fingerprint density at radius 2 is 1.59 bits per heavy atom. The average molecular weight is 455 g/mol. The molecule has 6 nitrogen and oxygen atoms in total. The molecular weight excluding hydrogens is 428 g/mol. The number of hydrogen-bond acceptors (Lipinski definition) is 5. The van der Waals surface area contributed by atoms with Crippen molar-refractivity contribution >= 4 is 34.7 Å². The van der Waals surface area contributed by atoms with Gasteiger partial charge in [0.05, 0.1) is 34.6 Å². The first kappa shape index (κ1) is 22.4. The Kier molecular flexibility index (Phi) is 6.26. The number of anilines is 1. The van der Waals surface area contributed by atoms with Crippen molar-refractivity contribution in [3.63, 3.8) is 0 Å². The third-order valence-electron chi connectivity index (χ3n) is 5.40. The van der Waals surface area contributed by atoms with Gasteiger partial charge >= 0.3 is 0 Å². The topological polar surface area (TPSA) is 59.1 Å². The van der Waals surface area contributed by atoms with E-state index >= 15 is 0 Å². The van der Waals surface area contributed by atoms with E-state index in [9.17, 15) is 9.59 Å². The maximum Gasteiger partial charge on any atom is 0.282 e. The summed E-state index contributed by atoms with van der Waals surface area (Å²) in [6.07, 6.45) is -0.0875. The van der Waals surface area contributed by atoms with Gasteiger partial charge in [-0.25, -0.2) is 4.90 Å². The average Bonchev–Trinajstić information content (AvgIpc) is 2.98. The maximum atomic E-state index is 13.7. The van der Waals surface area contributed by atoms with Crippen LogP contribution in [0.4, 0.5) is 5.69 Å². The van der Waals surface area contributed by atoms with E-state index in [0.717, 1.165) is 0 Å². The molecule has 0 aliphatic carbocycles. The minimum atomic E-state index is -0.387. The second kappa shape index (κ2) is 8.96. The Balaban J connectivity index is 1.80. The lowest BCUT2D eigenvalue weighted by atomic mass is 10.0. The number of benzene rings is 2. The predicted octanol–water partition coefficient (Wildman–Crippen LogP) is 4.52. The van der Waals surface area contributed by atoms with E-state index in [0.29, 0.717) is 46.4 Å². The van der Waals surface area contributed by atoms with Gasteiger partial charge in [0.25, 0.3) is 11.8 Å². The molecule has 2 heterocycles. The van der Waals surface area contributed by atoms with Gasteiger partial charge in [-0.3, -0.25) is 9.59 Å². The summed E-state index contributed by atoms with van der Waals surface area (Å²) in [5.74, 6) is -0.0522. The minimum Gasteiger partial charge on any atom is -0.491 e. The Hall–Kier alpha value is -2.83. The summed E-state index contributed by atoms with van der Waals surface area (Å²) < 4.78 is 11.6. The lowest BCUT2D eigenvalue weighted by Gasteiger charge is -2.37. The highest BCUT2D eigenvalue weighted by molar-refractivity contribution is 6.47. The van der Waals surface area contributed by atoms with Crippen molar-refractivity contribution in [3.05, 3.63) is 64.8 Å². The van der Waals surface area contributed by atoms with E-state index in [2.05, 4.69) is 0 Å². The van der Waals surface area contributed by atoms with Crippen LogP contribution < -0.4 is 9.64 Å². The Morgan fingerprint density at radius 1 is 0.969 bits per heavy atom. The van der Waals surface area contributed by atoms with Crippen LogP contribution in [0.2, 0.25) is 5.02 Å². The molecule has 0 radical (unpaired) electrons. The van der Waals surface area contributed by atoms with E-state index < -0.39 is 0 Å². The zero-order chi connectivity index (χ0) is 23.0. The van der Waals surface area contributed by atoms with Crippen LogP contribution in [-0.2, 0) is 14.3 Å². The second-order valence-corrected chi connectivity index (χ2v) is 8.88. The smallest absolute Gasteiger partial charge is 0.282 e. The first-order chi connectivity index (χ1) is 15.3. The van der Waals surface area contributed by atoms with E-state index in [1.165, 1.54) is 4.90 Å². The van der Waals surface area contributed by atoms with Gasteiger partial charge in [-0.05, 0) is 57.5 Å². The van der Waals surface area contributed by atoms with Crippen molar-refractivity contribution in [2.75, 3.05) is 18.0 Å². The molecule has 4 rings (SSSR count). The molecule has 2 aliphatic rings. The molecule has 1 saturated heterocycles. The lowest BCUT2D eigenvalue weighted by molar-refractivity contribution is -0.121. The lowest BCUT2D eigenvalue weighted by Crippen LogP contribution is -2.47. The monoisotopic (exact) mass is 454 g/mol. The van der Waals surface area contributed by atoms with Gasteiger partial charge in [0, 0.05) is 13.1 Å². The second-order valence-electron chi connectivity index (χ2n) is 8.47. The van der Waals surface area contributed by atoms with Crippen molar-refractivity contribution in [2.24, 2.45) is 0 Å². The van der Waals surface area contributed by atoms with Crippen LogP contribution >= 0.6 is 11.6 Å². The molecule has 7 heteroatoms. The fourth-order valence-electron chi connectivity index (χ4n) is 4.26. The van der Waals surface area contributed by atoms with E-state index in [1.807, 2.05) is 56.9 Å². The first-order valence-corrected chi connectivity index (χ1v) is 11.2. The number of nitrogens with zero attached hydrogens (tertiary/aromatic N) is 2. The zero-order valence-electron chi connectivity index (χ0n) is 18.7. The fraction of sp³-hybridized carbons (Fsp3) is 0.360. The summed E-state index contributed by atoms with van der Waals surface area (Å²) in [4.78, 5) is 30.4. The summed E-state index contributed by atoms with van der Waals surface area (Å²) in [7, 11) is 0. The van der Waals surface area contributed by atoms with E-state index in [-0.39, 0.29) is 30.1 Å². The SMILES string of the molecule is CC(C)Oc1ccc(C2=C(N3CC(C)OC(C)C3)C(=O)N(c3ccccc3Cl)C2=O)cc1.